The van der Waals surface area contributed by atoms with E-state index in [9.17, 15) is 4.79 Å². The molecule has 2 heterocycles. The molecule has 6 heteroatoms. The number of para-hydroxylation sites is 2. The van der Waals surface area contributed by atoms with Crippen LogP contribution in [-0.4, -0.2) is 14.5 Å². The summed E-state index contributed by atoms with van der Waals surface area (Å²) in [6.45, 7) is 4.33. The van der Waals surface area contributed by atoms with Crippen molar-refractivity contribution >= 4 is 44.2 Å². The minimum atomic E-state index is -0.0466. The average Bonchev–Trinajstić information content (AvgIpc) is 3.21. The van der Waals surface area contributed by atoms with E-state index >= 15 is 0 Å². The molecule has 0 saturated carbocycles. The Hall–Kier alpha value is -2.96. The van der Waals surface area contributed by atoms with Crippen molar-refractivity contribution in [2.24, 2.45) is 0 Å². The molecule has 31 heavy (non-hydrogen) atoms. The highest BCUT2D eigenvalue weighted by atomic mass is 32.2. The van der Waals surface area contributed by atoms with Crippen molar-refractivity contribution < 1.29 is 0 Å². The van der Waals surface area contributed by atoms with E-state index in [0.717, 1.165) is 16.2 Å². The van der Waals surface area contributed by atoms with Gasteiger partial charge in [0.1, 0.15) is 5.01 Å². The number of thiazole rings is 1. The summed E-state index contributed by atoms with van der Waals surface area (Å²) in [5.41, 5.74) is 3.76. The second-order valence-electron chi connectivity index (χ2n) is 7.66. The monoisotopic (exact) mass is 443 g/mol. The zero-order valence-electron chi connectivity index (χ0n) is 17.3. The first-order valence-electron chi connectivity index (χ1n) is 10.2. The number of hydrogen-bond acceptors (Lipinski definition) is 5. The molecule has 3 aromatic carbocycles. The fraction of sp³-hybridized carbons (Fsp3) is 0.160. The van der Waals surface area contributed by atoms with Gasteiger partial charge in [0.15, 0.2) is 5.16 Å². The maximum absolute atomic E-state index is 13.4. The van der Waals surface area contributed by atoms with Gasteiger partial charge in [0.05, 0.1) is 32.6 Å². The lowest BCUT2D eigenvalue weighted by Crippen LogP contribution is -2.21. The van der Waals surface area contributed by atoms with Crippen LogP contribution in [-0.2, 0) is 5.75 Å². The Morgan fingerprint density at radius 2 is 1.61 bits per heavy atom. The summed E-state index contributed by atoms with van der Waals surface area (Å²) in [5, 5.41) is 2.33. The van der Waals surface area contributed by atoms with Gasteiger partial charge in [0.2, 0.25) is 0 Å². The number of hydrogen-bond donors (Lipinski definition) is 0. The van der Waals surface area contributed by atoms with Gasteiger partial charge in [-0.25, -0.2) is 9.97 Å². The Labute approximate surface area is 188 Å². The average molecular weight is 444 g/mol. The molecular formula is C25H21N3OS2. The molecule has 4 nitrogen and oxygen atoms in total. The van der Waals surface area contributed by atoms with E-state index in [4.69, 9.17) is 9.97 Å². The van der Waals surface area contributed by atoms with Crippen LogP contribution in [0.1, 0.15) is 30.3 Å². The molecule has 5 rings (SSSR count). The SMILES string of the molecule is CC(C)c1ccc(-n2c(SCc3nc4ccccc4s3)nc3ccccc3c2=O)cc1. The van der Waals surface area contributed by atoms with Gasteiger partial charge in [-0.1, -0.05) is 62.0 Å². The molecule has 0 radical (unpaired) electrons. The molecule has 2 aromatic heterocycles. The smallest absolute Gasteiger partial charge is 0.266 e. The molecule has 0 aliphatic rings. The first-order valence-corrected chi connectivity index (χ1v) is 12.0. The Morgan fingerprint density at radius 1 is 0.903 bits per heavy atom. The molecule has 0 atom stereocenters. The molecule has 0 saturated heterocycles. The summed E-state index contributed by atoms with van der Waals surface area (Å²) in [6, 6.07) is 23.9. The van der Waals surface area contributed by atoms with Gasteiger partial charge in [0, 0.05) is 0 Å². The van der Waals surface area contributed by atoms with Crippen LogP contribution in [0.3, 0.4) is 0 Å². The van der Waals surface area contributed by atoms with Crippen LogP contribution in [0.4, 0.5) is 0 Å². The van der Waals surface area contributed by atoms with Crippen LogP contribution in [0.25, 0.3) is 26.8 Å². The highest BCUT2D eigenvalue weighted by Gasteiger charge is 2.15. The van der Waals surface area contributed by atoms with E-state index in [1.807, 2.05) is 54.6 Å². The fourth-order valence-electron chi connectivity index (χ4n) is 3.55. The molecule has 0 bridgehead atoms. The number of fused-ring (bicyclic) bond motifs is 2. The molecular weight excluding hydrogens is 422 g/mol. The molecule has 5 aromatic rings. The molecule has 0 unspecified atom stereocenters. The predicted octanol–water partition coefficient (Wildman–Crippen LogP) is 6.41. The van der Waals surface area contributed by atoms with Gasteiger partial charge < -0.3 is 0 Å². The van der Waals surface area contributed by atoms with Crippen LogP contribution in [0.15, 0.2) is 82.7 Å². The summed E-state index contributed by atoms with van der Waals surface area (Å²) in [7, 11) is 0. The summed E-state index contributed by atoms with van der Waals surface area (Å²) >= 11 is 3.23. The maximum Gasteiger partial charge on any atom is 0.266 e. The first-order chi connectivity index (χ1) is 15.1. The standard InChI is InChI=1S/C25H21N3OS2/c1-16(2)17-11-13-18(14-12-17)28-24(29)19-7-3-4-8-20(19)27-25(28)30-15-23-26-21-9-5-6-10-22(21)31-23/h3-14,16H,15H2,1-2H3. The van der Waals surface area contributed by atoms with Gasteiger partial charge in [-0.15, -0.1) is 11.3 Å². The Morgan fingerprint density at radius 3 is 2.35 bits per heavy atom. The molecule has 0 aliphatic carbocycles. The minimum Gasteiger partial charge on any atom is -0.268 e. The molecule has 0 N–H and O–H groups in total. The van der Waals surface area contributed by atoms with E-state index in [1.165, 1.54) is 10.3 Å². The second-order valence-corrected chi connectivity index (χ2v) is 9.72. The third-order valence-electron chi connectivity index (χ3n) is 5.23. The number of rotatable bonds is 5. The molecule has 0 amide bonds. The quantitative estimate of drug-likeness (QED) is 0.233. The Bertz CT molecular complexity index is 1400. The minimum absolute atomic E-state index is 0.0466. The van der Waals surface area contributed by atoms with Gasteiger partial charge in [-0.05, 0) is 47.9 Å². The number of nitrogens with zero attached hydrogens (tertiary/aromatic N) is 3. The number of aromatic nitrogens is 3. The highest BCUT2D eigenvalue weighted by molar-refractivity contribution is 7.98. The molecule has 0 spiro atoms. The maximum atomic E-state index is 13.4. The predicted molar refractivity (Wildman–Crippen MR) is 131 cm³/mol. The van der Waals surface area contributed by atoms with Gasteiger partial charge >= 0.3 is 0 Å². The van der Waals surface area contributed by atoms with Crippen molar-refractivity contribution in [1.82, 2.24) is 14.5 Å². The summed E-state index contributed by atoms with van der Waals surface area (Å²) in [4.78, 5) is 23.0. The Kier molecular flexibility index (Phi) is 5.34. The van der Waals surface area contributed by atoms with E-state index in [1.54, 1.807) is 27.7 Å². The van der Waals surface area contributed by atoms with Gasteiger partial charge in [-0.2, -0.15) is 0 Å². The number of thioether (sulfide) groups is 1. The molecule has 154 valence electrons. The van der Waals surface area contributed by atoms with Gasteiger partial charge in [-0.3, -0.25) is 9.36 Å². The van der Waals surface area contributed by atoms with Crippen LogP contribution in [0.2, 0.25) is 0 Å². The van der Waals surface area contributed by atoms with Gasteiger partial charge in [0.25, 0.3) is 5.56 Å². The lowest BCUT2D eigenvalue weighted by atomic mass is 10.0. The molecule has 0 aliphatic heterocycles. The van der Waals surface area contributed by atoms with Crippen molar-refractivity contribution in [1.29, 1.82) is 0 Å². The van der Waals surface area contributed by atoms with Crippen LogP contribution in [0.5, 0.6) is 0 Å². The van der Waals surface area contributed by atoms with E-state index in [0.29, 0.717) is 27.7 Å². The van der Waals surface area contributed by atoms with Crippen LogP contribution < -0.4 is 5.56 Å². The van der Waals surface area contributed by atoms with Crippen molar-refractivity contribution in [2.45, 2.75) is 30.7 Å². The topological polar surface area (TPSA) is 47.8 Å². The Balaban J connectivity index is 1.58. The van der Waals surface area contributed by atoms with E-state index in [2.05, 4.69) is 32.0 Å². The summed E-state index contributed by atoms with van der Waals surface area (Å²) in [6.07, 6.45) is 0. The van der Waals surface area contributed by atoms with Crippen LogP contribution >= 0.6 is 23.1 Å². The third kappa shape index (κ3) is 3.89. The van der Waals surface area contributed by atoms with E-state index < -0.39 is 0 Å². The lowest BCUT2D eigenvalue weighted by Gasteiger charge is -2.14. The van der Waals surface area contributed by atoms with Crippen molar-refractivity contribution in [3.05, 3.63) is 93.7 Å². The van der Waals surface area contributed by atoms with Crippen molar-refractivity contribution in [3.63, 3.8) is 0 Å². The van der Waals surface area contributed by atoms with Crippen LogP contribution in [0, 0.1) is 0 Å². The van der Waals surface area contributed by atoms with Crippen molar-refractivity contribution in [3.8, 4) is 5.69 Å². The summed E-state index contributed by atoms with van der Waals surface area (Å²) in [5.74, 6) is 1.10. The second kappa shape index (κ2) is 8.29. The zero-order valence-corrected chi connectivity index (χ0v) is 18.9. The van der Waals surface area contributed by atoms with Crippen molar-refractivity contribution in [2.75, 3.05) is 0 Å². The third-order valence-corrected chi connectivity index (χ3v) is 7.39. The van der Waals surface area contributed by atoms with E-state index in [-0.39, 0.29) is 5.56 Å². The largest absolute Gasteiger partial charge is 0.268 e. The number of benzene rings is 3. The first kappa shape index (κ1) is 20.0. The molecule has 0 fully saturated rings. The zero-order chi connectivity index (χ0) is 21.4. The lowest BCUT2D eigenvalue weighted by molar-refractivity contribution is 0.814. The summed E-state index contributed by atoms with van der Waals surface area (Å²) < 4.78 is 2.90. The highest BCUT2D eigenvalue weighted by Crippen LogP contribution is 2.29. The fourth-order valence-corrected chi connectivity index (χ4v) is 5.53. The normalized spacial score (nSPS) is 11.6.